The van der Waals surface area contributed by atoms with Crippen LogP contribution in [0.5, 0.6) is 0 Å². The lowest BCUT2D eigenvalue weighted by Gasteiger charge is -2.30. The topological polar surface area (TPSA) is 63.4 Å². The molecule has 0 saturated heterocycles. The van der Waals surface area contributed by atoms with Gasteiger partial charge in [-0.25, -0.2) is 0 Å². The Morgan fingerprint density at radius 2 is 2.18 bits per heavy atom. The number of hydrogen-bond donors (Lipinski definition) is 1. The number of anilines is 1. The van der Waals surface area contributed by atoms with E-state index in [9.17, 15) is 9.59 Å². The van der Waals surface area contributed by atoms with E-state index in [0.29, 0.717) is 12.0 Å². The normalized spacial score (nSPS) is 14.3. The molecular formula is C13H16N2O2. The van der Waals surface area contributed by atoms with Crippen LogP contribution < -0.4 is 10.6 Å². The van der Waals surface area contributed by atoms with Gasteiger partial charge in [0, 0.05) is 24.2 Å². The van der Waals surface area contributed by atoms with E-state index >= 15 is 0 Å². The molecule has 0 saturated carbocycles. The summed E-state index contributed by atoms with van der Waals surface area (Å²) in [6.07, 6.45) is 2.16. The Morgan fingerprint density at radius 3 is 2.82 bits per heavy atom. The molecule has 0 atom stereocenters. The average molecular weight is 232 g/mol. The minimum Gasteiger partial charge on any atom is -0.366 e. The lowest BCUT2D eigenvalue weighted by Crippen LogP contribution is -2.35. The zero-order valence-corrected chi connectivity index (χ0v) is 9.90. The molecule has 17 heavy (non-hydrogen) atoms. The van der Waals surface area contributed by atoms with Crippen LogP contribution in [0.1, 0.15) is 35.7 Å². The maximum Gasteiger partial charge on any atom is 0.249 e. The molecule has 0 aromatic heterocycles. The van der Waals surface area contributed by atoms with Gasteiger partial charge in [0.25, 0.3) is 0 Å². The van der Waals surface area contributed by atoms with Crippen molar-refractivity contribution in [1.82, 2.24) is 0 Å². The third-order valence-electron chi connectivity index (χ3n) is 3.12. The highest BCUT2D eigenvalue weighted by Gasteiger charge is 2.24. The first-order valence-electron chi connectivity index (χ1n) is 5.87. The van der Waals surface area contributed by atoms with Gasteiger partial charge in [0.1, 0.15) is 0 Å². The van der Waals surface area contributed by atoms with Crippen LogP contribution in [0.2, 0.25) is 0 Å². The van der Waals surface area contributed by atoms with Gasteiger partial charge >= 0.3 is 0 Å². The van der Waals surface area contributed by atoms with E-state index in [-0.39, 0.29) is 5.91 Å². The summed E-state index contributed by atoms with van der Waals surface area (Å²) >= 11 is 0. The second kappa shape index (κ2) is 4.57. The molecule has 0 spiro atoms. The number of benzene rings is 1. The molecule has 0 aliphatic carbocycles. The summed E-state index contributed by atoms with van der Waals surface area (Å²) in [6, 6.07) is 5.38. The standard InChI is InChI=1S/C13H16N2O2/c1-2-12(16)15-8-4-6-9-10(13(14)17)5-3-7-11(9)15/h3,5,7H,2,4,6,8H2,1H3,(H2,14,17). The van der Waals surface area contributed by atoms with E-state index in [1.807, 2.05) is 13.0 Å². The predicted molar refractivity (Wildman–Crippen MR) is 65.9 cm³/mol. The largest absolute Gasteiger partial charge is 0.366 e. The number of hydrogen-bond acceptors (Lipinski definition) is 2. The highest BCUT2D eigenvalue weighted by atomic mass is 16.2. The third-order valence-corrected chi connectivity index (χ3v) is 3.12. The molecule has 2 amide bonds. The second-order valence-electron chi connectivity index (χ2n) is 4.17. The molecule has 1 aromatic carbocycles. The summed E-state index contributed by atoms with van der Waals surface area (Å²) in [5.41, 5.74) is 7.64. The smallest absolute Gasteiger partial charge is 0.249 e. The fourth-order valence-corrected chi connectivity index (χ4v) is 2.31. The Labute approximate surface area is 100 Å². The van der Waals surface area contributed by atoms with Crippen LogP contribution in [-0.2, 0) is 11.2 Å². The van der Waals surface area contributed by atoms with Crippen LogP contribution >= 0.6 is 0 Å². The summed E-state index contributed by atoms with van der Waals surface area (Å²) in [4.78, 5) is 24.9. The molecule has 4 nitrogen and oxygen atoms in total. The lowest BCUT2D eigenvalue weighted by molar-refractivity contribution is -0.118. The Hall–Kier alpha value is -1.84. The quantitative estimate of drug-likeness (QED) is 0.839. The van der Waals surface area contributed by atoms with E-state index in [0.717, 1.165) is 30.6 Å². The third kappa shape index (κ3) is 2.02. The number of fused-ring (bicyclic) bond motifs is 1. The molecule has 90 valence electrons. The zero-order valence-electron chi connectivity index (χ0n) is 9.90. The maximum absolute atomic E-state index is 11.8. The number of carbonyl (C=O) groups excluding carboxylic acids is 2. The number of rotatable bonds is 2. The average Bonchev–Trinajstić information content (AvgIpc) is 2.36. The monoisotopic (exact) mass is 232 g/mol. The van der Waals surface area contributed by atoms with Gasteiger partial charge in [0.05, 0.1) is 0 Å². The number of nitrogens with two attached hydrogens (primary N) is 1. The molecule has 4 heteroatoms. The van der Waals surface area contributed by atoms with E-state index in [1.54, 1.807) is 17.0 Å². The van der Waals surface area contributed by atoms with Gasteiger partial charge in [-0.15, -0.1) is 0 Å². The molecular weight excluding hydrogens is 216 g/mol. The molecule has 0 unspecified atom stereocenters. The Morgan fingerprint density at radius 1 is 1.41 bits per heavy atom. The fourth-order valence-electron chi connectivity index (χ4n) is 2.31. The van der Waals surface area contributed by atoms with Crippen molar-refractivity contribution in [2.45, 2.75) is 26.2 Å². The summed E-state index contributed by atoms with van der Waals surface area (Å²) in [6.45, 7) is 2.57. The molecule has 1 heterocycles. The zero-order chi connectivity index (χ0) is 12.4. The molecule has 0 radical (unpaired) electrons. The highest BCUT2D eigenvalue weighted by Crippen LogP contribution is 2.30. The van der Waals surface area contributed by atoms with Crippen LogP contribution in [0.25, 0.3) is 0 Å². The predicted octanol–water partition coefficient (Wildman–Crippen LogP) is 1.47. The summed E-state index contributed by atoms with van der Waals surface area (Å²) < 4.78 is 0. The van der Waals surface area contributed by atoms with Crippen molar-refractivity contribution < 1.29 is 9.59 Å². The first kappa shape index (κ1) is 11.6. The number of carbonyl (C=O) groups is 2. The van der Waals surface area contributed by atoms with Gasteiger partial charge in [-0.05, 0) is 30.5 Å². The van der Waals surface area contributed by atoms with Crippen molar-refractivity contribution in [2.75, 3.05) is 11.4 Å². The van der Waals surface area contributed by atoms with Gasteiger partial charge in [-0.3, -0.25) is 9.59 Å². The van der Waals surface area contributed by atoms with Crippen LogP contribution in [0.4, 0.5) is 5.69 Å². The van der Waals surface area contributed by atoms with Crippen molar-refractivity contribution in [2.24, 2.45) is 5.73 Å². The number of primary amides is 1. The van der Waals surface area contributed by atoms with Gasteiger partial charge < -0.3 is 10.6 Å². The van der Waals surface area contributed by atoms with Crippen molar-refractivity contribution in [1.29, 1.82) is 0 Å². The Bertz CT molecular complexity index is 468. The maximum atomic E-state index is 11.8. The Balaban J connectivity index is 2.49. The number of nitrogens with zero attached hydrogens (tertiary/aromatic N) is 1. The second-order valence-corrected chi connectivity index (χ2v) is 4.17. The van der Waals surface area contributed by atoms with Gasteiger partial charge in [-0.1, -0.05) is 13.0 Å². The van der Waals surface area contributed by atoms with Crippen molar-refractivity contribution >= 4 is 17.5 Å². The molecule has 2 rings (SSSR count). The van der Waals surface area contributed by atoms with Gasteiger partial charge in [-0.2, -0.15) is 0 Å². The highest BCUT2D eigenvalue weighted by molar-refractivity contribution is 6.00. The van der Waals surface area contributed by atoms with Crippen molar-refractivity contribution in [3.05, 3.63) is 29.3 Å². The van der Waals surface area contributed by atoms with Crippen LogP contribution in [-0.4, -0.2) is 18.4 Å². The molecule has 1 aliphatic heterocycles. The van der Waals surface area contributed by atoms with E-state index in [2.05, 4.69) is 0 Å². The minimum atomic E-state index is -0.423. The molecule has 0 fully saturated rings. The Kier molecular flexibility index (Phi) is 3.13. The van der Waals surface area contributed by atoms with E-state index in [4.69, 9.17) is 5.73 Å². The van der Waals surface area contributed by atoms with Crippen molar-refractivity contribution in [3.8, 4) is 0 Å². The van der Waals surface area contributed by atoms with Crippen LogP contribution in [0.3, 0.4) is 0 Å². The molecule has 0 bridgehead atoms. The van der Waals surface area contributed by atoms with Gasteiger partial charge in [0.2, 0.25) is 11.8 Å². The first-order valence-corrected chi connectivity index (χ1v) is 5.87. The summed E-state index contributed by atoms with van der Waals surface area (Å²) in [5.74, 6) is -0.333. The van der Waals surface area contributed by atoms with E-state index in [1.165, 1.54) is 0 Å². The van der Waals surface area contributed by atoms with Crippen LogP contribution in [0.15, 0.2) is 18.2 Å². The number of amides is 2. The molecule has 1 aliphatic rings. The lowest BCUT2D eigenvalue weighted by atomic mass is 9.95. The SMILES string of the molecule is CCC(=O)N1CCCc2c(C(N)=O)cccc21. The fraction of sp³-hybridized carbons (Fsp3) is 0.385. The molecule has 2 N–H and O–H groups in total. The molecule has 1 aromatic rings. The first-order chi connectivity index (χ1) is 8.15. The van der Waals surface area contributed by atoms with E-state index < -0.39 is 5.91 Å². The van der Waals surface area contributed by atoms with Crippen molar-refractivity contribution in [3.63, 3.8) is 0 Å². The summed E-state index contributed by atoms with van der Waals surface area (Å²) in [7, 11) is 0. The van der Waals surface area contributed by atoms with Gasteiger partial charge in [0.15, 0.2) is 0 Å². The van der Waals surface area contributed by atoms with Crippen LogP contribution in [0, 0.1) is 0 Å². The summed E-state index contributed by atoms with van der Waals surface area (Å²) in [5, 5.41) is 0. The minimum absolute atomic E-state index is 0.0903.